The average Bonchev–Trinajstić information content (AvgIpc) is 2.30. The molecule has 0 unspecified atom stereocenters. The molecule has 0 saturated carbocycles. The Morgan fingerprint density at radius 3 is 3.06 bits per heavy atom. The summed E-state index contributed by atoms with van der Waals surface area (Å²) in [5.74, 6) is -0.267. The summed E-state index contributed by atoms with van der Waals surface area (Å²) in [7, 11) is 0. The van der Waals surface area contributed by atoms with Gasteiger partial charge in [-0.1, -0.05) is 18.8 Å². The van der Waals surface area contributed by atoms with Crippen LogP contribution < -0.4 is 11.2 Å². The van der Waals surface area contributed by atoms with Gasteiger partial charge in [-0.15, -0.1) is 0 Å². The van der Waals surface area contributed by atoms with Gasteiger partial charge in [0, 0.05) is 19.2 Å². The topological polar surface area (TPSA) is 118 Å². The van der Waals surface area contributed by atoms with Crippen LogP contribution in [0.1, 0.15) is 32.6 Å². The van der Waals surface area contributed by atoms with E-state index >= 15 is 0 Å². The summed E-state index contributed by atoms with van der Waals surface area (Å²) in [6, 6.07) is -0.218. The number of hydrazine groups is 1. The Bertz CT molecular complexity index is 299. The van der Waals surface area contributed by atoms with E-state index in [-0.39, 0.29) is 12.0 Å². The maximum absolute atomic E-state index is 10.4. The Balaban J connectivity index is 2.59. The summed E-state index contributed by atoms with van der Waals surface area (Å²) in [5.41, 5.74) is 7.81. The highest BCUT2D eigenvalue weighted by Crippen LogP contribution is 2.17. The zero-order valence-corrected chi connectivity index (χ0v) is 10.6. The summed E-state index contributed by atoms with van der Waals surface area (Å²) < 4.78 is 5.65. The highest BCUT2D eigenvalue weighted by molar-refractivity contribution is 5.75. The van der Waals surface area contributed by atoms with Gasteiger partial charge in [-0.25, -0.2) is 10.1 Å². The van der Waals surface area contributed by atoms with Gasteiger partial charge in [0.2, 0.25) is 0 Å². The lowest BCUT2D eigenvalue weighted by Gasteiger charge is -2.39. The van der Waals surface area contributed by atoms with Gasteiger partial charge in [0.1, 0.15) is 6.23 Å². The quantitative estimate of drug-likeness (QED) is 0.214. The smallest absolute Gasteiger partial charge is 0.256 e. The summed E-state index contributed by atoms with van der Waals surface area (Å²) >= 11 is 0. The molecule has 1 aliphatic rings. The molecule has 8 nitrogen and oxygen atoms in total. The molecule has 0 bridgehead atoms. The fraction of sp³-hybridized carbons (Fsp3) is 0.900. The number of nitrogens with zero attached hydrogens (tertiary/aromatic N) is 2. The molecule has 1 saturated heterocycles. The predicted octanol–water partition coefficient (Wildman–Crippen LogP) is 0.268. The number of piperidine rings is 1. The van der Waals surface area contributed by atoms with Crippen molar-refractivity contribution in [2.75, 3.05) is 13.2 Å². The molecule has 18 heavy (non-hydrogen) atoms. The van der Waals surface area contributed by atoms with Crippen molar-refractivity contribution in [3.05, 3.63) is 10.1 Å². The van der Waals surface area contributed by atoms with Gasteiger partial charge in [-0.05, 0) is 19.3 Å². The van der Waals surface area contributed by atoms with Crippen LogP contribution in [0.5, 0.6) is 0 Å². The molecule has 2 atom stereocenters. The molecular weight excluding hydrogens is 238 g/mol. The second-order valence-electron chi connectivity index (χ2n) is 4.33. The number of unbranched alkanes of at least 4 members (excludes halogenated alkanes) is 1. The molecule has 8 heteroatoms. The molecule has 104 valence electrons. The molecule has 4 N–H and O–H groups in total. The highest BCUT2D eigenvalue weighted by Gasteiger charge is 2.32. The van der Waals surface area contributed by atoms with Crippen molar-refractivity contribution in [1.29, 1.82) is 5.41 Å². The van der Waals surface area contributed by atoms with Gasteiger partial charge >= 0.3 is 0 Å². The number of hydrogen-bond acceptors (Lipinski definition) is 5. The van der Waals surface area contributed by atoms with Crippen LogP contribution in [0.2, 0.25) is 0 Å². The van der Waals surface area contributed by atoms with E-state index in [1.54, 1.807) is 0 Å². The minimum absolute atomic E-state index is 0.218. The molecule has 1 rings (SSSR count). The standard InChI is InChI=1S/C10H21N5O3/c1-2-3-7-18-9-8(11)5-4-6-14(9)10(12)13-15(16)17/h8-9H,2-7,11H2,1H3,(H2,12,13)/t8-,9-/m0/s1. The lowest BCUT2D eigenvalue weighted by Crippen LogP contribution is -2.59. The summed E-state index contributed by atoms with van der Waals surface area (Å²) in [6.07, 6.45) is 3.07. The number of rotatable bonds is 5. The molecule has 0 aromatic heterocycles. The number of nitrogens with one attached hydrogen (secondary N) is 2. The van der Waals surface area contributed by atoms with E-state index in [9.17, 15) is 10.1 Å². The predicted molar refractivity (Wildman–Crippen MR) is 66.4 cm³/mol. The van der Waals surface area contributed by atoms with E-state index in [1.165, 1.54) is 4.90 Å². The van der Waals surface area contributed by atoms with E-state index in [4.69, 9.17) is 15.9 Å². The molecule has 0 amide bonds. The minimum Gasteiger partial charge on any atom is -0.357 e. The van der Waals surface area contributed by atoms with E-state index < -0.39 is 11.3 Å². The minimum atomic E-state index is -0.744. The second-order valence-corrected chi connectivity index (χ2v) is 4.33. The Labute approximate surface area is 106 Å². The Morgan fingerprint density at radius 1 is 1.72 bits per heavy atom. The van der Waals surface area contributed by atoms with Crippen molar-refractivity contribution in [2.24, 2.45) is 5.73 Å². The SMILES string of the molecule is CCCCO[C@H]1[C@@H](N)CCCN1C(=N)N[N+](=O)[O-]. The number of ether oxygens (including phenoxy) is 1. The lowest BCUT2D eigenvalue weighted by atomic mass is 10.0. The Kier molecular flexibility index (Phi) is 5.79. The Hall–Kier alpha value is -1.41. The lowest BCUT2D eigenvalue weighted by molar-refractivity contribution is -0.527. The molecule has 0 spiro atoms. The van der Waals surface area contributed by atoms with E-state index in [0.717, 1.165) is 25.7 Å². The van der Waals surface area contributed by atoms with Crippen LogP contribution in [0.4, 0.5) is 0 Å². The van der Waals surface area contributed by atoms with Crippen LogP contribution in [0.25, 0.3) is 0 Å². The first kappa shape index (κ1) is 14.7. The molecule has 1 fully saturated rings. The fourth-order valence-corrected chi connectivity index (χ4v) is 1.95. The van der Waals surface area contributed by atoms with E-state index in [2.05, 4.69) is 6.92 Å². The normalized spacial score (nSPS) is 23.8. The number of hydrogen-bond donors (Lipinski definition) is 3. The van der Waals surface area contributed by atoms with Crippen molar-refractivity contribution >= 4 is 5.96 Å². The third kappa shape index (κ3) is 4.11. The Morgan fingerprint density at radius 2 is 2.44 bits per heavy atom. The van der Waals surface area contributed by atoms with E-state index in [1.807, 2.05) is 5.43 Å². The third-order valence-corrected chi connectivity index (χ3v) is 2.88. The molecule has 0 radical (unpaired) electrons. The van der Waals surface area contributed by atoms with Crippen LogP contribution >= 0.6 is 0 Å². The molecule has 0 aliphatic carbocycles. The van der Waals surface area contributed by atoms with Gasteiger partial charge in [-0.3, -0.25) is 5.41 Å². The first-order valence-electron chi connectivity index (χ1n) is 6.19. The van der Waals surface area contributed by atoms with Crippen LogP contribution in [0, 0.1) is 15.5 Å². The van der Waals surface area contributed by atoms with Crippen molar-refractivity contribution in [1.82, 2.24) is 10.3 Å². The van der Waals surface area contributed by atoms with Crippen molar-refractivity contribution in [3.8, 4) is 0 Å². The number of guanidine groups is 1. The second kappa shape index (κ2) is 7.12. The average molecular weight is 259 g/mol. The van der Waals surface area contributed by atoms with Gasteiger partial charge in [0.25, 0.3) is 5.96 Å². The summed E-state index contributed by atoms with van der Waals surface area (Å²) in [6.45, 7) is 3.15. The number of nitrogens with two attached hydrogens (primary N) is 1. The zero-order chi connectivity index (χ0) is 13.5. The van der Waals surface area contributed by atoms with Gasteiger partial charge < -0.3 is 15.4 Å². The van der Waals surface area contributed by atoms with Gasteiger partial charge in [0.15, 0.2) is 5.03 Å². The fourth-order valence-electron chi connectivity index (χ4n) is 1.95. The van der Waals surface area contributed by atoms with Crippen molar-refractivity contribution in [2.45, 2.75) is 44.9 Å². The maximum atomic E-state index is 10.4. The molecule has 1 heterocycles. The summed E-state index contributed by atoms with van der Waals surface area (Å²) in [5, 5.41) is 17.3. The maximum Gasteiger partial charge on any atom is 0.256 e. The zero-order valence-electron chi connectivity index (χ0n) is 10.6. The number of nitro groups is 1. The molecule has 0 aromatic rings. The van der Waals surface area contributed by atoms with E-state index in [0.29, 0.717) is 13.2 Å². The largest absolute Gasteiger partial charge is 0.357 e. The first-order chi connectivity index (χ1) is 8.56. The molecular formula is C10H21N5O3. The van der Waals surface area contributed by atoms with Crippen LogP contribution in [-0.4, -0.2) is 41.3 Å². The van der Waals surface area contributed by atoms with Gasteiger partial charge in [-0.2, -0.15) is 0 Å². The monoisotopic (exact) mass is 259 g/mol. The van der Waals surface area contributed by atoms with Crippen LogP contribution in [0.15, 0.2) is 0 Å². The first-order valence-corrected chi connectivity index (χ1v) is 6.19. The van der Waals surface area contributed by atoms with Crippen molar-refractivity contribution < 1.29 is 9.77 Å². The highest BCUT2D eigenvalue weighted by atomic mass is 16.7. The molecule has 0 aromatic carbocycles. The van der Waals surface area contributed by atoms with Gasteiger partial charge in [0.05, 0.1) is 0 Å². The third-order valence-electron chi connectivity index (χ3n) is 2.88. The molecule has 1 aliphatic heterocycles. The van der Waals surface area contributed by atoms with Crippen LogP contribution in [0.3, 0.4) is 0 Å². The van der Waals surface area contributed by atoms with Crippen molar-refractivity contribution in [3.63, 3.8) is 0 Å². The summed E-state index contributed by atoms with van der Waals surface area (Å²) in [4.78, 5) is 11.9. The number of likely N-dealkylation sites (tertiary alicyclic amines) is 1. The van der Waals surface area contributed by atoms with Crippen LogP contribution in [-0.2, 0) is 4.74 Å².